The summed E-state index contributed by atoms with van der Waals surface area (Å²) in [6.07, 6.45) is 3.36. The first-order chi connectivity index (χ1) is 5.68. The van der Waals surface area contributed by atoms with Crippen LogP contribution in [0, 0.1) is 10.8 Å². The summed E-state index contributed by atoms with van der Waals surface area (Å²) in [6.45, 7) is 9.80. The lowest BCUT2D eigenvalue weighted by Crippen LogP contribution is -2.56. The number of nitrogens with two attached hydrogens (primary N) is 2. The fourth-order valence-electron chi connectivity index (χ4n) is 3.53. The molecule has 0 aromatic carbocycles. The van der Waals surface area contributed by atoms with E-state index in [2.05, 4.69) is 27.7 Å². The van der Waals surface area contributed by atoms with Crippen molar-refractivity contribution < 1.29 is 0 Å². The molecule has 78 valence electrons. The third kappa shape index (κ3) is 2.68. The van der Waals surface area contributed by atoms with Crippen molar-refractivity contribution in [3.05, 3.63) is 0 Å². The van der Waals surface area contributed by atoms with Crippen LogP contribution in [0.5, 0.6) is 0 Å². The summed E-state index contributed by atoms with van der Waals surface area (Å²) in [6, 6.07) is 0. The molecule has 0 atom stereocenters. The van der Waals surface area contributed by atoms with Crippen molar-refractivity contribution in [2.45, 2.75) is 52.5 Å². The Morgan fingerprint density at radius 2 is 1.31 bits per heavy atom. The highest BCUT2D eigenvalue weighted by molar-refractivity contribution is 5.01. The van der Waals surface area contributed by atoms with Crippen molar-refractivity contribution in [3.8, 4) is 0 Å². The van der Waals surface area contributed by atoms with Gasteiger partial charge in [0.05, 0.1) is 0 Å². The van der Waals surface area contributed by atoms with Gasteiger partial charge in [0, 0.05) is 12.1 Å². The van der Waals surface area contributed by atoms with E-state index in [1.54, 1.807) is 0 Å². The second-order valence-corrected chi connectivity index (χ2v) is 6.43. The van der Waals surface area contributed by atoms with Gasteiger partial charge in [-0.25, -0.2) is 0 Å². The van der Waals surface area contributed by atoms with Gasteiger partial charge in [-0.2, -0.15) is 0 Å². The molecule has 1 rings (SSSR count). The first-order valence-corrected chi connectivity index (χ1v) is 5.17. The molecule has 2 heteroatoms. The van der Waals surface area contributed by atoms with Gasteiger partial charge >= 0.3 is 0 Å². The highest BCUT2D eigenvalue weighted by Gasteiger charge is 2.44. The van der Waals surface area contributed by atoms with Gasteiger partial charge in [0.15, 0.2) is 0 Å². The van der Waals surface area contributed by atoms with E-state index in [0.717, 1.165) is 12.8 Å². The highest BCUT2D eigenvalue weighted by atomic mass is 14.8. The molecular weight excluding hydrogens is 160 g/mol. The minimum Gasteiger partial charge on any atom is -0.329 e. The van der Waals surface area contributed by atoms with Gasteiger partial charge in [-0.1, -0.05) is 27.7 Å². The highest BCUT2D eigenvalue weighted by Crippen LogP contribution is 2.48. The molecule has 2 nitrogen and oxygen atoms in total. The van der Waals surface area contributed by atoms with Crippen LogP contribution in [0.2, 0.25) is 0 Å². The summed E-state index contributed by atoms with van der Waals surface area (Å²) in [5.74, 6) is 0. The maximum absolute atomic E-state index is 6.28. The van der Waals surface area contributed by atoms with E-state index < -0.39 is 0 Å². The average Bonchev–Trinajstić information content (AvgIpc) is 1.79. The molecule has 1 fully saturated rings. The SMILES string of the molecule is CC1(C)CC(C)(C)CC(N)(CN)C1. The normalized spacial score (nSPS) is 30.0. The number of hydrogen-bond donors (Lipinski definition) is 2. The molecule has 0 unspecified atom stereocenters. The summed E-state index contributed by atoms with van der Waals surface area (Å²) >= 11 is 0. The lowest BCUT2D eigenvalue weighted by atomic mass is 9.59. The van der Waals surface area contributed by atoms with E-state index >= 15 is 0 Å². The zero-order valence-corrected chi connectivity index (χ0v) is 9.48. The predicted molar refractivity (Wildman–Crippen MR) is 57.4 cm³/mol. The Morgan fingerprint density at radius 3 is 1.62 bits per heavy atom. The molecule has 0 amide bonds. The van der Waals surface area contributed by atoms with E-state index in [9.17, 15) is 0 Å². The van der Waals surface area contributed by atoms with Crippen LogP contribution < -0.4 is 11.5 Å². The van der Waals surface area contributed by atoms with E-state index in [1.807, 2.05) is 0 Å². The van der Waals surface area contributed by atoms with E-state index in [-0.39, 0.29) is 5.54 Å². The summed E-state index contributed by atoms with van der Waals surface area (Å²) in [7, 11) is 0. The Hall–Kier alpha value is -0.0800. The van der Waals surface area contributed by atoms with E-state index in [0.29, 0.717) is 17.4 Å². The van der Waals surface area contributed by atoms with Gasteiger partial charge in [-0.15, -0.1) is 0 Å². The Morgan fingerprint density at radius 1 is 0.923 bits per heavy atom. The molecule has 1 saturated carbocycles. The van der Waals surface area contributed by atoms with Gasteiger partial charge in [0.1, 0.15) is 0 Å². The van der Waals surface area contributed by atoms with Crippen molar-refractivity contribution in [2.75, 3.05) is 6.54 Å². The maximum Gasteiger partial charge on any atom is 0.0288 e. The lowest BCUT2D eigenvalue weighted by molar-refractivity contribution is 0.0526. The summed E-state index contributed by atoms with van der Waals surface area (Å²) in [5.41, 5.74) is 12.6. The van der Waals surface area contributed by atoms with Crippen molar-refractivity contribution in [3.63, 3.8) is 0 Å². The Labute approximate surface area is 82.1 Å². The van der Waals surface area contributed by atoms with Gasteiger partial charge in [-0.3, -0.25) is 0 Å². The summed E-state index contributed by atoms with van der Waals surface area (Å²) in [5, 5.41) is 0. The molecular formula is C11H24N2. The zero-order valence-electron chi connectivity index (χ0n) is 9.48. The average molecular weight is 184 g/mol. The molecule has 0 heterocycles. The van der Waals surface area contributed by atoms with Gasteiger partial charge in [0.25, 0.3) is 0 Å². The van der Waals surface area contributed by atoms with Crippen LogP contribution in [-0.2, 0) is 0 Å². The first-order valence-electron chi connectivity index (χ1n) is 5.17. The van der Waals surface area contributed by atoms with Crippen LogP contribution >= 0.6 is 0 Å². The van der Waals surface area contributed by atoms with Crippen LogP contribution in [0.1, 0.15) is 47.0 Å². The fourth-order valence-corrected chi connectivity index (χ4v) is 3.53. The van der Waals surface area contributed by atoms with Gasteiger partial charge in [0.2, 0.25) is 0 Å². The van der Waals surface area contributed by atoms with E-state index in [4.69, 9.17) is 11.5 Å². The summed E-state index contributed by atoms with van der Waals surface area (Å²) < 4.78 is 0. The third-order valence-electron chi connectivity index (χ3n) is 3.02. The molecule has 1 aliphatic carbocycles. The smallest absolute Gasteiger partial charge is 0.0288 e. The van der Waals surface area contributed by atoms with Crippen LogP contribution in [0.3, 0.4) is 0 Å². The molecule has 0 aliphatic heterocycles. The molecule has 0 spiro atoms. The maximum atomic E-state index is 6.28. The molecule has 4 N–H and O–H groups in total. The second kappa shape index (κ2) is 2.96. The molecule has 0 radical (unpaired) electrons. The Bertz CT molecular complexity index is 178. The predicted octanol–water partition coefficient (Wildman–Crippen LogP) is 1.88. The number of rotatable bonds is 1. The van der Waals surface area contributed by atoms with Crippen LogP contribution in [0.4, 0.5) is 0 Å². The largest absolute Gasteiger partial charge is 0.329 e. The van der Waals surface area contributed by atoms with Gasteiger partial charge < -0.3 is 11.5 Å². The number of hydrogen-bond acceptors (Lipinski definition) is 2. The molecule has 0 aromatic rings. The fraction of sp³-hybridized carbons (Fsp3) is 1.00. The van der Waals surface area contributed by atoms with Crippen molar-refractivity contribution in [1.29, 1.82) is 0 Å². The molecule has 0 aromatic heterocycles. The van der Waals surface area contributed by atoms with Crippen molar-refractivity contribution >= 4 is 0 Å². The minimum absolute atomic E-state index is 0.134. The Kier molecular flexibility index (Phi) is 2.50. The van der Waals surface area contributed by atoms with Gasteiger partial charge in [-0.05, 0) is 30.1 Å². The minimum atomic E-state index is -0.134. The topological polar surface area (TPSA) is 52.0 Å². The monoisotopic (exact) mass is 184 g/mol. The Balaban J connectivity index is 2.84. The summed E-state index contributed by atoms with van der Waals surface area (Å²) in [4.78, 5) is 0. The molecule has 1 aliphatic rings. The molecule has 0 bridgehead atoms. The second-order valence-electron chi connectivity index (χ2n) is 6.43. The zero-order chi connectivity index (χ0) is 10.3. The van der Waals surface area contributed by atoms with Crippen LogP contribution in [0.25, 0.3) is 0 Å². The lowest BCUT2D eigenvalue weighted by Gasteiger charge is -2.50. The first kappa shape index (κ1) is 11.0. The standard InChI is InChI=1S/C11H24N2/c1-9(2)5-10(3,4)7-11(13,6-9)8-12/h5-8,12-13H2,1-4H3. The van der Waals surface area contributed by atoms with Crippen LogP contribution in [0.15, 0.2) is 0 Å². The quantitative estimate of drug-likeness (QED) is 0.653. The van der Waals surface area contributed by atoms with Crippen molar-refractivity contribution in [1.82, 2.24) is 0 Å². The van der Waals surface area contributed by atoms with Crippen LogP contribution in [-0.4, -0.2) is 12.1 Å². The van der Waals surface area contributed by atoms with E-state index in [1.165, 1.54) is 6.42 Å². The molecule has 13 heavy (non-hydrogen) atoms. The molecule has 0 saturated heterocycles. The third-order valence-corrected chi connectivity index (χ3v) is 3.02. The van der Waals surface area contributed by atoms with Crippen molar-refractivity contribution in [2.24, 2.45) is 22.3 Å².